The Balaban J connectivity index is 1.82. The summed E-state index contributed by atoms with van der Waals surface area (Å²) in [6, 6.07) is 0. The second-order valence-electron chi connectivity index (χ2n) is 8.38. The van der Waals surface area contributed by atoms with Gasteiger partial charge in [0.05, 0.1) is 0 Å². The number of alkyl halides is 1. The first-order valence-corrected chi connectivity index (χ1v) is 11.2. The Morgan fingerprint density at radius 1 is 1.19 bits per heavy atom. The molecule has 0 saturated heterocycles. The molecule has 2 aliphatic carbocycles. The van der Waals surface area contributed by atoms with E-state index >= 15 is 0 Å². The highest BCUT2D eigenvalue weighted by atomic mass is 35.5. The molecule has 0 spiro atoms. The quantitative estimate of drug-likeness (QED) is 0.580. The van der Waals surface area contributed by atoms with E-state index in [1.807, 2.05) is 0 Å². The van der Waals surface area contributed by atoms with Crippen LogP contribution in [0.3, 0.4) is 0 Å². The van der Waals surface area contributed by atoms with Gasteiger partial charge in [-0.3, -0.25) is 0 Å². The number of allylic oxidation sites excluding steroid dienone is 7. The molecule has 3 aliphatic rings. The maximum absolute atomic E-state index is 6.31. The van der Waals surface area contributed by atoms with Gasteiger partial charge in [0, 0.05) is 30.4 Å². The molecule has 0 radical (unpaired) electrons. The minimum absolute atomic E-state index is 0.354. The van der Waals surface area contributed by atoms with E-state index in [9.17, 15) is 0 Å². The standard InChI is InChI=1S/C24H35ClN2/c1-19-15-21(17-25)9-6-14-27(18-20-7-3-2-4-8-20)23(16-19)12-13-24(26)22-10-5-11-22/h6,9,12-13,15-16,19-20H,2-5,7-8,10-11,14,17-18,26H2,1H3/b9-6-,13-12+,21-15+,23-16-. The minimum atomic E-state index is 0.354. The van der Waals surface area contributed by atoms with Crippen LogP contribution in [0.15, 0.2) is 59.0 Å². The number of nitrogens with zero attached hydrogens (tertiary/aromatic N) is 1. The first-order valence-electron chi connectivity index (χ1n) is 10.7. The van der Waals surface area contributed by atoms with Gasteiger partial charge in [-0.15, -0.1) is 11.6 Å². The van der Waals surface area contributed by atoms with Crippen LogP contribution in [-0.2, 0) is 0 Å². The molecular formula is C24H35ClN2. The second kappa shape index (κ2) is 10.2. The molecule has 1 unspecified atom stereocenters. The third kappa shape index (κ3) is 6.04. The summed E-state index contributed by atoms with van der Waals surface area (Å²) in [5.41, 5.74) is 11.2. The van der Waals surface area contributed by atoms with Crippen LogP contribution in [0.25, 0.3) is 0 Å². The van der Waals surface area contributed by atoms with E-state index in [1.165, 1.54) is 68.2 Å². The van der Waals surface area contributed by atoms with Crippen LogP contribution in [0.1, 0.15) is 58.3 Å². The molecule has 2 nitrogen and oxygen atoms in total. The summed E-state index contributed by atoms with van der Waals surface area (Å²) in [6.07, 6.45) is 24.0. The summed E-state index contributed by atoms with van der Waals surface area (Å²) < 4.78 is 0. The minimum Gasteiger partial charge on any atom is -0.399 e. The van der Waals surface area contributed by atoms with E-state index < -0.39 is 0 Å². The third-order valence-corrected chi connectivity index (χ3v) is 6.40. The van der Waals surface area contributed by atoms with Crippen molar-refractivity contribution in [1.82, 2.24) is 4.90 Å². The van der Waals surface area contributed by atoms with Crippen LogP contribution < -0.4 is 5.73 Å². The Labute approximate surface area is 170 Å². The highest BCUT2D eigenvalue weighted by molar-refractivity contribution is 6.19. The van der Waals surface area contributed by atoms with Gasteiger partial charge in [-0.05, 0) is 67.2 Å². The lowest BCUT2D eigenvalue weighted by molar-refractivity contribution is 0.258. The average molecular weight is 387 g/mol. The molecule has 27 heavy (non-hydrogen) atoms. The highest BCUT2D eigenvalue weighted by Crippen LogP contribution is 2.29. The van der Waals surface area contributed by atoms with E-state index in [1.54, 1.807) is 0 Å². The average Bonchev–Trinajstić information content (AvgIpc) is 2.69. The molecule has 1 heterocycles. The first kappa shape index (κ1) is 20.3. The third-order valence-electron chi connectivity index (χ3n) is 6.09. The molecule has 0 aromatic rings. The molecule has 148 valence electrons. The van der Waals surface area contributed by atoms with Crippen LogP contribution in [-0.4, -0.2) is 23.9 Å². The molecular weight excluding hydrogens is 352 g/mol. The van der Waals surface area contributed by atoms with Crippen LogP contribution in [0, 0.1) is 11.8 Å². The van der Waals surface area contributed by atoms with Crippen molar-refractivity contribution in [3.63, 3.8) is 0 Å². The van der Waals surface area contributed by atoms with E-state index in [-0.39, 0.29) is 0 Å². The Morgan fingerprint density at radius 2 is 1.96 bits per heavy atom. The molecule has 2 fully saturated rings. The first-order chi connectivity index (χ1) is 13.2. The maximum Gasteiger partial charge on any atom is 0.0471 e. The van der Waals surface area contributed by atoms with Gasteiger partial charge in [0.2, 0.25) is 0 Å². The fourth-order valence-corrected chi connectivity index (χ4v) is 4.48. The number of hydrogen-bond acceptors (Lipinski definition) is 2. The lowest BCUT2D eigenvalue weighted by Gasteiger charge is -2.32. The topological polar surface area (TPSA) is 29.3 Å². The number of hydrogen-bond donors (Lipinski definition) is 1. The van der Waals surface area contributed by atoms with Crippen LogP contribution in [0.5, 0.6) is 0 Å². The van der Waals surface area contributed by atoms with Gasteiger partial charge in [-0.2, -0.15) is 0 Å². The lowest BCUT2D eigenvalue weighted by Crippen LogP contribution is -2.30. The van der Waals surface area contributed by atoms with Crippen molar-refractivity contribution in [2.45, 2.75) is 58.3 Å². The van der Waals surface area contributed by atoms with Gasteiger partial charge in [0.1, 0.15) is 0 Å². The van der Waals surface area contributed by atoms with E-state index in [2.05, 4.69) is 48.3 Å². The number of rotatable bonds is 5. The van der Waals surface area contributed by atoms with Gasteiger partial charge < -0.3 is 10.6 Å². The fraction of sp³-hybridized carbons (Fsp3) is 0.583. The van der Waals surface area contributed by atoms with Crippen LogP contribution in [0.4, 0.5) is 0 Å². The maximum atomic E-state index is 6.31. The predicted octanol–water partition coefficient (Wildman–Crippen LogP) is 6.08. The molecule has 0 aromatic carbocycles. The van der Waals surface area contributed by atoms with Gasteiger partial charge in [-0.1, -0.05) is 50.5 Å². The van der Waals surface area contributed by atoms with E-state index in [0.29, 0.717) is 11.8 Å². The zero-order valence-corrected chi connectivity index (χ0v) is 17.6. The van der Waals surface area contributed by atoms with Gasteiger partial charge in [0.15, 0.2) is 0 Å². The molecule has 0 bridgehead atoms. The van der Waals surface area contributed by atoms with E-state index in [0.717, 1.165) is 24.7 Å². The summed E-state index contributed by atoms with van der Waals surface area (Å²) in [7, 11) is 0. The van der Waals surface area contributed by atoms with Crippen molar-refractivity contribution < 1.29 is 0 Å². The van der Waals surface area contributed by atoms with Crippen molar-refractivity contribution in [3.8, 4) is 0 Å². The monoisotopic (exact) mass is 386 g/mol. The predicted molar refractivity (Wildman–Crippen MR) is 118 cm³/mol. The molecule has 0 amide bonds. The van der Waals surface area contributed by atoms with Crippen molar-refractivity contribution in [2.75, 3.05) is 19.0 Å². The zero-order valence-electron chi connectivity index (χ0n) is 16.8. The van der Waals surface area contributed by atoms with Crippen LogP contribution >= 0.6 is 11.6 Å². The SMILES string of the molecule is CC1/C=C(/C=C/C(N)=C2CCC2)N(CC2CCCCC2)C/C=C\C(CCl)=C/1. The molecule has 1 aliphatic heterocycles. The summed E-state index contributed by atoms with van der Waals surface area (Å²) in [5.74, 6) is 1.73. The molecule has 2 saturated carbocycles. The smallest absolute Gasteiger partial charge is 0.0471 e. The van der Waals surface area contributed by atoms with Gasteiger partial charge >= 0.3 is 0 Å². The summed E-state index contributed by atoms with van der Waals surface area (Å²) in [5, 5.41) is 0. The summed E-state index contributed by atoms with van der Waals surface area (Å²) in [6.45, 7) is 4.32. The summed E-state index contributed by atoms with van der Waals surface area (Å²) >= 11 is 6.12. The number of halogens is 1. The molecule has 2 N–H and O–H groups in total. The second-order valence-corrected chi connectivity index (χ2v) is 8.65. The Morgan fingerprint density at radius 3 is 2.63 bits per heavy atom. The van der Waals surface area contributed by atoms with Crippen LogP contribution in [0.2, 0.25) is 0 Å². The van der Waals surface area contributed by atoms with Gasteiger partial charge in [0.25, 0.3) is 0 Å². The largest absolute Gasteiger partial charge is 0.399 e. The molecule has 1 atom stereocenters. The van der Waals surface area contributed by atoms with E-state index in [4.69, 9.17) is 17.3 Å². The Kier molecular flexibility index (Phi) is 7.70. The normalized spacial score (nSPS) is 29.8. The summed E-state index contributed by atoms with van der Waals surface area (Å²) in [4.78, 5) is 2.54. The lowest BCUT2D eigenvalue weighted by atomic mass is 9.88. The molecule has 3 rings (SSSR count). The fourth-order valence-electron chi connectivity index (χ4n) is 4.30. The number of nitrogens with two attached hydrogens (primary N) is 1. The van der Waals surface area contributed by atoms with Crippen molar-refractivity contribution in [1.29, 1.82) is 0 Å². The molecule has 3 heteroatoms. The Bertz CT molecular complexity index is 641. The van der Waals surface area contributed by atoms with Crippen molar-refractivity contribution in [3.05, 3.63) is 59.0 Å². The van der Waals surface area contributed by atoms with Gasteiger partial charge in [-0.25, -0.2) is 0 Å². The van der Waals surface area contributed by atoms with Crippen molar-refractivity contribution in [2.24, 2.45) is 17.6 Å². The molecule has 0 aromatic heterocycles. The van der Waals surface area contributed by atoms with Crippen molar-refractivity contribution >= 4 is 11.6 Å². The highest BCUT2D eigenvalue weighted by Gasteiger charge is 2.19. The zero-order chi connectivity index (χ0) is 19.1. The Hall–Kier alpha value is -1.41.